The van der Waals surface area contributed by atoms with Gasteiger partial charge in [0.1, 0.15) is 0 Å². The Hall–Kier alpha value is -0.180. The van der Waals surface area contributed by atoms with E-state index < -0.39 is 11.8 Å². The summed E-state index contributed by atoms with van der Waals surface area (Å²) in [6.45, 7) is 9.62. The van der Waals surface area contributed by atoms with Gasteiger partial charge in [0.05, 0.1) is 0 Å². The first-order valence-electron chi connectivity index (χ1n) is 5.16. The molecule has 0 bridgehead atoms. The van der Waals surface area contributed by atoms with Gasteiger partial charge in [-0.05, 0) is 6.54 Å². The quantitative estimate of drug-likeness (QED) is 0.618. The van der Waals surface area contributed by atoms with Gasteiger partial charge in [0.25, 0.3) is 5.92 Å². The molecule has 0 N–H and O–H groups in total. The molecule has 1 aliphatic heterocycles. The molecule has 1 atom stereocenters. The number of nitrogens with zero attached hydrogens (tertiary/aromatic N) is 1. The lowest BCUT2D eigenvalue weighted by Crippen LogP contribution is -2.45. The normalized spacial score (nSPS) is 27.7. The largest absolute Gasteiger partial charge is 0.303 e. The van der Waals surface area contributed by atoms with Gasteiger partial charge in [-0.1, -0.05) is 27.7 Å². The van der Waals surface area contributed by atoms with E-state index in [4.69, 9.17) is 0 Å². The molecule has 0 amide bonds. The zero-order valence-corrected chi connectivity index (χ0v) is 9.11. The molecule has 0 saturated carbocycles. The predicted octanol–water partition coefficient (Wildman–Crippen LogP) is 3.01. The molecule has 1 nitrogen and oxygen atoms in total. The van der Waals surface area contributed by atoms with Crippen molar-refractivity contribution in [3.05, 3.63) is 0 Å². The van der Waals surface area contributed by atoms with E-state index in [0.717, 1.165) is 6.54 Å². The third-order valence-electron chi connectivity index (χ3n) is 2.46. The molecule has 1 aliphatic rings. The first-order valence-corrected chi connectivity index (χ1v) is 5.16. The lowest BCUT2D eigenvalue weighted by Gasteiger charge is -2.35. The van der Waals surface area contributed by atoms with Gasteiger partial charge >= 0.3 is 0 Å². The molecule has 1 rings (SSSR count). The fourth-order valence-electron chi connectivity index (χ4n) is 1.45. The maximum absolute atomic E-state index is 12.9. The van der Waals surface area contributed by atoms with Crippen molar-refractivity contribution in [2.45, 2.75) is 40.0 Å². The molecule has 0 aromatic carbocycles. The van der Waals surface area contributed by atoms with Gasteiger partial charge in [-0.3, -0.25) is 0 Å². The van der Waals surface area contributed by atoms with E-state index in [0.29, 0.717) is 13.1 Å². The van der Waals surface area contributed by atoms with Crippen molar-refractivity contribution >= 4 is 0 Å². The minimum Gasteiger partial charge on any atom is -0.303 e. The second kappa shape index (κ2) is 5.53. The van der Waals surface area contributed by atoms with Crippen LogP contribution >= 0.6 is 0 Å². The molecular weight excluding hydrogens is 172 g/mol. The Balaban J connectivity index is 0.000000671. The van der Waals surface area contributed by atoms with Crippen LogP contribution in [0.4, 0.5) is 8.78 Å². The summed E-state index contributed by atoms with van der Waals surface area (Å²) in [6.07, 6.45) is 0.0298. The fraction of sp³-hybridized carbons (Fsp3) is 1.00. The number of piperidine rings is 1. The van der Waals surface area contributed by atoms with Crippen molar-refractivity contribution in [1.82, 2.24) is 4.90 Å². The highest BCUT2D eigenvalue weighted by Gasteiger charge is 2.40. The van der Waals surface area contributed by atoms with Crippen molar-refractivity contribution < 1.29 is 8.78 Å². The lowest BCUT2D eigenvalue weighted by atomic mass is 9.96. The molecule has 0 aliphatic carbocycles. The molecule has 1 fully saturated rings. The minimum absolute atomic E-state index is 0.0298. The molecule has 80 valence electrons. The summed E-state index contributed by atoms with van der Waals surface area (Å²) in [4.78, 5) is 2.07. The second-order valence-corrected chi connectivity index (χ2v) is 3.31. The van der Waals surface area contributed by atoms with Crippen LogP contribution in [0.1, 0.15) is 34.1 Å². The molecule has 13 heavy (non-hydrogen) atoms. The second-order valence-electron chi connectivity index (χ2n) is 3.31. The molecule has 0 aromatic rings. The number of hydrogen-bond donors (Lipinski definition) is 0. The Bertz CT molecular complexity index is 137. The Morgan fingerprint density at radius 1 is 1.38 bits per heavy atom. The number of likely N-dealkylation sites (tertiary alicyclic amines) is 1. The van der Waals surface area contributed by atoms with Gasteiger partial charge in [0.15, 0.2) is 0 Å². The third kappa shape index (κ3) is 3.59. The van der Waals surface area contributed by atoms with Gasteiger partial charge in [0.2, 0.25) is 0 Å². The fourth-order valence-corrected chi connectivity index (χ4v) is 1.45. The van der Waals surface area contributed by atoms with E-state index in [1.807, 2.05) is 20.8 Å². The maximum Gasteiger partial charge on any atom is 0.253 e. The number of alkyl halides is 2. The van der Waals surface area contributed by atoms with Gasteiger partial charge in [-0.25, -0.2) is 8.78 Å². The highest BCUT2D eigenvalue weighted by atomic mass is 19.3. The summed E-state index contributed by atoms with van der Waals surface area (Å²) in [5.41, 5.74) is 0. The smallest absolute Gasteiger partial charge is 0.253 e. The van der Waals surface area contributed by atoms with Crippen LogP contribution in [0.25, 0.3) is 0 Å². The monoisotopic (exact) mass is 193 g/mol. The SMILES string of the molecule is CC.CCN1CCC(F)(F)[C@@H](C)C1. The number of rotatable bonds is 1. The molecule has 1 heterocycles. The Labute approximate surface area is 80.1 Å². The van der Waals surface area contributed by atoms with E-state index in [-0.39, 0.29) is 6.42 Å². The van der Waals surface area contributed by atoms with Crippen molar-refractivity contribution in [3.8, 4) is 0 Å². The third-order valence-corrected chi connectivity index (χ3v) is 2.46. The first kappa shape index (κ1) is 12.8. The Morgan fingerprint density at radius 3 is 2.31 bits per heavy atom. The van der Waals surface area contributed by atoms with Gasteiger partial charge < -0.3 is 4.90 Å². The molecular formula is C10H21F2N. The highest BCUT2D eigenvalue weighted by Crippen LogP contribution is 2.32. The molecule has 1 saturated heterocycles. The van der Waals surface area contributed by atoms with Crippen LogP contribution in [0.3, 0.4) is 0 Å². The van der Waals surface area contributed by atoms with E-state index in [9.17, 15) is 8.78 Å². The van der Waals surface area contributed by atoms with Crippen LogP contribution in [0, 0.1) is 5.92 Å². The van der Waals surface area contributed by atoms with Crippen LogP contribution in [-0.4, -0.2) is 30.5 Å². The van der Waals surface area contributed by atoms with E-state index in [2.05, 4.69) is 4.90 Å². The average molecular weight is 193 g/mol. The van der Waals surface area contributed by atoms with Crippen LogP contribution in [-0.2, 0) is 0 Å². The van der Waals surface area contributed by atoms with Crippen LogP contribution in [0.15, 0.2) is 0 Å². The van der Waals surface area contributed by atoms with E-state index in [1.165, 1.54) is 0 Å². The van der Waals surface area contributed by atoms with Crippen LogP contribution in [0.5, 0.6) is 0 Å². The van der Waals surface area contributed by atoms with Gasteiger partial charge in [-0.2, -0.15) is 0 Å². The summed E-state index contributed by atoms with van der Waals surface area (Å²) in [6, 6.07) is 0. The number of hydrogen-bond acceptors (Lipinski definition) is 1. The van der Waals surface area contributed by atoms with E-state index >= 15 is 0 Å². The molecule has 3 heteroatoms. The van der Waals surface area contributed by atoms with Gasteiger partial charge in [-0.15, -0.1) is 0 Å². The van der Waals surface area contributed by atoms with Crippen LogP contribution in [0.2, 0.25) is 0 Å². The molecule has 0 spiro atoms. The summed E-state index contributed by atoms with van der Waals surface area (Å²) in [5, 5.41) is 0. The average Bonchev–Trinajstić information content (AvgIpc) is 2.13. The summed E-state index contributed by atoms with van der Waals surface area (Å²) in [7, 11) is 0. The topological polar surface area (TPSA) is 3.24 Å². The van der Waals surface area contributed by atoms with Crippen LogP contribution < -0.4 is 0 Å². The molecule has 0 unspecified atom stereocenters. The minimum atomic E-state index is -2.42. The highest BCUT2D eigenvalue weighted by molar-refractivity contribution is 4.82. The maximum atomic E-state index is 12.9. The molecule has 0 aromatic heterocycles. The molecule has 0 radical (unpaired) electrons. The Kier molecular flexibility index (Phi) is 5.45. The van der Waals surface area contributed by atoms with Crippen molar-refractivity contribution in [1.29, 1.82) is 0 Å². The van der Waals surface area contributed by atoms with Crippen molar-refractivity contribution in [2.75, 3.05) is 19.6 Å². The predicted molar refractivity (Wildman–Crippen MR) is 52.2 cm³/mol. The summed E-state index contributed by atoms with van der Waals surface area (Å²) < 4.78 is 25.8. The van der Waals surface area contributed by atoms with Gasteiger partial charge in [0, 0.05) is 25.4 Å². The van der Waals surface area contributed by atoms with E-state index in [1.54, 1.807) is 6.92 Å². The number of halogens is 2. The first-order chi connectivity index (χ1) is 6.06. The van der Waals surface area contributed by atoms with Crippen molar-refractivity contribution in [2.24, 2.45) is 5.92 Å². The standard InChI is InChI=1S/C8H15F2N.C2H6/c1-3-11-5-4-8(9,10)7(2)6-11;1-2/h7H,3-6H2,1-2H3;1-2H3/t7-;/m0./s1. The summed E-state index contributed by atoms with van der Waals surface area (Å²) in [5.74, 6) is -2.90. The lowest BCUT2D eigenvalue weighted by molar-refractivity contribution is -0.0979. The zero-order chi connectivity index (χ0) is 10.5. The Morgan fingerprint density at radius 2 is 1.92 bits per heavy atom. The summed E-state index contributed by atoms with van der Waals surface area (Å²) >= 11 is 0. The van der Waals surface area contributed by atoms with Crippen molar-refractivity contribution in [3.63, 3.8) is 0 Å². The zero-order valence-electron chi connectivity index (χ0n) is 9.11.